The first kappa shape index (κ1) is 86.9. The number of rotatable bonds is 11. The van der Waals surface area contributed by atoms with E-state index in [1.807, 2.05) is 131 Å². The maximum Gasteiger partial charge on any atom is 0.164 e. The molecule has 0 N–H and O–H groups in total. The zero-order valence-corrected chi connectivity index (χ0v) is 83.4. The molecule has 0 saturated carbocycles. The summed E-state index contributed by atoms with van der Waals surface area (Å²) in [6, 6.07) is 185. The van der Waals surface area contributed by atoms with Gasteiger partial charge in [-0.1, -0.05) is 479 Å². The molecule has 6 aromatic heterocycles. The Morgan fingerprint density at radius 1 is 0.140 bits per heavy atom. The van der Waals surface area contributed by atoms with E-state index in [-0.39, 0.29) is 10.8 Å². The molecule has 10 heteroatoms. The number of aromatic nitrogens is 7. The highest BCUT2D eigenvalue weighted by Gasteiger charge is 2.58. The van der Waals surface area contributed by atoms with Gasteiger partial charge in [-0.25, -0.2) is 34.9 Å². The Hall–Kier alpha value is -18.6. The lowest BCUT2D eigenvalue weighted by molar-refractivity contribution is 0.803. The molecular weight excluding hydrogens is 1880 g/mol. The van der Waals surface area contributed by atoms with Gasteiger partial charge in [-0.2, -0.15) is 0 Å². The summed E-state index contributed by atoms with van der Waals surface area (Å²) in [5, 5.41) is 4.02. The minimum Gasteiger partial charge on any atom is -0.228 e. The average Bonchev–Trinajstić information content (AvgIpc) is 1.50. The van der Waals surface area contributed by atoms with E-state index < -0.39 is 5.41 Å². The first-order valence-electron chi connectivity index (χ1n) is 51.0. The van der Waals surface area contributed by atoms with Gasteiger partial charge >= 0.3 is 0 Å². The highest BCUT2D eigenvalue weighted by Crippen LogP contribution is 2.71. The second kappa shape index (κ2) is 34.9. The van der Waals surface area contributed by atoms with E-state index in [4.69, 9.17) is 34.9 Å². The van der Waals surface area contributed by atoms with Crippen molar-refractivity contribution in [3.05, 3.63) is 582 Å². The molecule has 0 bridgehead atoms. The Labute approximate surface area is 879 Å². The van der Waals surface area contributed by atoms with Crippen molar-refractivity contribution >= 4 is 64.3 Å². The van der Waals surface area contributed by atoms with Crippen LogP contribution in [0.5, 0.6) is 0 Å². The van der Waals surface area contributed by atoms with Crippen molar-refractivity contribution in [3.8, 4) is 189 Å². The summed E-state index contributed by atoms with van der Waals surface area (Å²) in [7, 11) is 0. The topological polar surface area (TPSA) is 90.2 Å². The van der Waals surface area contributed by atoms with Crippen LogP contribution in [0.15, 0.2) is 516 Å². The van der Waals surface area contributed by atoms with Crippen LogP contribution in [0.4, 0.5) is 0 Å². The summed E-state index contributed by atoms with van der Waals surface area (Å²) >= 11 is 5.76. The first-order valence-corrected chi connectivity index (χ1v) is 53.5. The van der Waals surface area contributed by atoms with Crippen molar-refractivity contribution < 1.29 is 0 Å². The Morgan fingerprint density at radius 3 is 0.780 bits per heavy atom. The summed E-state index contributed by atoms with van der Waals surface area (Å²) in [6.45, 7) is 0. The van der Waals surface area contributed by atoms with Gasteiger partial charge in [0.25, 0.3) is 0 Å². The molecule has 26 aromatic rings. The van der Waals surface area contributed by atoms with Gasteiger partial charge in [0.15, 0.2) is 29.1 Å². The Bertz CT molecular complexity index is 9690. The molecule has 6 aliphatic rings. The quantitative estimate of drug-likeness (QED) is 0.127. The predicted octanol–water partition coefficient (Wildman–Crippen LogP) is 35.8. The van der Waals surface area contributed by atoms with Gasteiger partial charge in [0.2, 0.25) is 0 Å². The van der Waals surface area contributed by atoms with Crippen molar-refractivity contribution in [1.82, 2.24) is 34.9 Å². The molecule has 0 fully saturated rings. The highest BCUT2D eigenvalue weighted by molar-refractivity contribution is 7.23. The van der Waals surface area contributed by atoms with Crippen LogP contribution in [0.1, 0.15) is 66.8 Å². The van der Waals surface area contributed by atoms with Gasteiger partial charge in [0, 0.05) is 84.4 Å². The van der Waals surface area contributed by atoms with Gasteiger partial charge in [-0.05, 0) is 186 Å². The molecule has 20 aromatic carbocycles. The molecule has 0 radical (unpaired) electrons. The van der Waals surface area contributed by atoms with E-state index in [0.717, 1.165) is 84.5 Å². The van der Waals surface area contributed by atoms with Crippen LogP contribution >= 0.6 is 34.0 Å². The van der Waals surface area contributed by atoms with Gasteiger partial charge in [-0.15, -0.1) is 34.0 Å². The lowest BCUT2D eigenvalue weighted by atomic mass is 9.70. The molecule has 32 rings (SSSR count). The average molecular weight is 1960 g/mol. The van der Waals surface area contributed by atoms with E-state index in [1.165, 1.54) is 184 Å². The highest BCUT2D eigenvalue weighted by atomic mass is 32.1. The summed E-state index contributed by atoms with van der Waals surface area (Å²) in [6.07, 6.45) is 0. The van der Waals surface area contributed by atoms with Crippen molar-refractivity contribution in [2.24, 2.45) is 0 Å². The third kappa shape index (κ3) is 13.3. The molecule has 150 heavy (non-hydrogen) atoms. The predicted molar refractivity (Wildman–Crippen MR) is 619 cm³/mol. The second-order valence-corrected chi connectivity index (χ2v) is 42.4. The third-order valence-electron chi connectivity index (χ3n) is 31.4. The number of benzene rings is 20. The molecule has 7 nitrogen and oxygen atoms in total. The molecule has 6 aliphatic carbocycles. The Balaban J connectivity index is 0.000000104. The number of nitrogens with zero attached hydrogens (tertiary/aromatic N) is 7. The van der Waals surface area contributed by atoms with Gasteiger partial charge in [0.05, 0.1) is 39.0 Å². The number of hydrogen-bond acceptors (Lipinski definition) is 10. The van der Waals surface area contributed by atoms with E-state index in [0.29, 0.717) is 17.5 Å². The molecule has 0 saturated heterocycles. The van der Waals surface area contributed by atoms with Crippen LogP contribution in [0, 0.1) is 0 Å². The fraction of sp³-hybridized carbons (Fsp3) is 0.0214. The zero-order valence-electron chi connectivity index (χ0n) is 80.9. The SMILES string of the molecule is c1ccc(-c2cc(-c3ccc(-c4cccc5c4-c4ccccc4C54c5ccccc5-c5sc6ccccc6c54)cc3)nc(-c3ccccc3)n2)cc1.c1ccc(-c2cc(-c3ccccc3)nc(-c3ccc4c(c3)C3(c5ccccc5-c5ccccc53)c3c-4sc4ccccc34)n2)cc1.c1ccc(-c2nc(-c3ccccc3)nc(-c3ccc(-c4cccc5c4-c4sc6ccccc6c4C54c5ccccc5-c5ccccc54)cc3)n2)cc1. The van der Waals surface area contributed by atoms with Crippen molar-refractivity contribution in [2.75, 3.05) is 0 Å². The fourth-order valence-electron chi connectivity index (χ4n) is 25.2. The van der Waals surface area contributed by atoms with Gasteiger partial charge < -0.3 is 0 Å². The summed E-state index contributed by atoms with van der Waals surface area (Å²) < 4.78 is 3.99. The van der Waals surface area contributed by atoms with Crippen LogP contribution in [0.2, 0.25) is 0 Å². The van der Waals surface area contributed by atoms with Crippen LogP contribution in [-0.2, 0) is 16.2 Å². The molecule has 0 aliphatic heterocycles. The Morgan fingerprint density at radius 2 is 0.380 bits per heavy atom. The number of thiophene rings is 3. The molecule has 698 valence electrons. The lowest BCUT2D eigenvalue weighted by Gasteiger charge is -2.30. The smallest absolute Gasteiger partial charge is 0.164 e. The van der Waals surface area contributed by atoms with Crippen molar-refractivity contribution in [3.63, 3.8) is 0 Å². The molecule has 6 heterocycles. The monoisotopic (exact) mass is 1960 g/mol. The van der Waals surface area contributed by atoms with Crippen LogP contribution in [0.25, 0.3) is 219 Å². The summed E-state index contributed by atoms with van der Waals surface area (Å²) in [5.74, 6) is 3.43. The number of fused-ring (bicyclic) bond motifs is 36. The van der Waals surface area contributed by atoms with Crippen molar-refractivity contribution in [2.45, 2.75) is 16.2 Å². The fourth-order valence-corrected chi connectivity index (χ4v) is 29.1. The molecule has 3 spiro atoms. The standard InChI is InChI=1S/C49H30N2S.C48H29N3S.C43H26N2S/c1-3-14-32(15-4-1)42-30-43(51-48(50-42)34-16-5-2-6-17-34)33-28-26-31(27-29-33)35-21-13-24-41-45(35)36-18-7-10-22-39(36)49(41)40-23-11-8-19-37(40)47-46(49)38-20-9-12-25-44(38)52-47;1-3-14-31(15-4-1)45-49-46(32-16-5-2-6-17-32)51-47(50-45)33-28-26-30(27-29-33)34-21-13-24-40-42(34)44-43(37-20-9-12-25-41(37)52-44)48(40)38-22-10-7-18-35(38)36-19-8-11-23-39(36)48;1-3-13-27(14-4-1)37-26-38(28-15-5-2-6-16-28)45-42(44-37)29-23-24-32-36(25-29)43(40-33-19-9-12-22-39(33)46-41(32)40)34-20-10-7-17-30(34)31-18-8-11-21-35(31)43/h1-30H;1-29H;1-26H. The Kier molecular flexibility index (Phi) is 20.2. The van der Waals surface area contributed by atoms with Gasteiger partial charge in [-0.3, -0.25) is 0 Å². The molecular formula is C140H85N7S3. The minimum atomic E-state index is -0.424. The maximum absolute atomic E-state index is 5.21. The molecule has 1 atom stereocenters. The van der Waals surface area contributed by atoms with E-state index in [1.54, 1.807) is 0 Å². The second-order valence-electron chi connectivity index (χ2n) is 39.2. The molecule has 1 unspecified atom stereocenters. The summed E-state index contributed by atoms with van der Waals surface area (Å²) in [4.78, 5) is 39.5. The van der Waals surface area contributed by atoms with E-state index in [9.17, 15) is 0 Å². The third-order valence-corrected chi connectivity index (χ3v) is 35.0. The minimum absolute atomic E-state index is 0.379. The van der Waals surface area contributed by atoms with Gasteiger partial charge in [0.1, 0.15) is 0 Å². The largest absolute Gasteiger partial charge is 0.228 e. The summed E-state index contributed by atoms with van der Waals surface area (Å²) in [5.41, 5.74) is 44.8. The number of hydrogen-bond donors (Lipinski definition) is 0. The normalized spacial score (nSPS) is 13.9. The van der Waals surface area contributed by atoms with E-state index in [2.05, 4.69) is 419 Å². The first-order chi connectivity index (χ1) is 74.4. The lowest BCUT2D eigenvalue weighted by Crippen LogP contribution is -2.25. The van der Waals surface area contributed by atoms with Crippen LogP contribution < -0.4 is 0 Å². The maximum atomic E-state index is 5.21. The van der Waals surface area contributed by atoms with Crippen LogP contribution in [-0.4, -0.2) is 34.9 Å². The van der Waals surface area contributed by atoms with E-state index >= 15 is 0 Å². The van der Waals surface area contributed by atoms with Crippen molar-refractivity contribution in [1.29, 1.82) is 0 Å². The zero-order chi connectivity index (χ0) is 98.7. The van der Waals surface area contributed by atoms with Crippen LogP contribution in [0.3, 0.4) is 0 Å². The molecule has 0 amide bonds.